The number of quaternary nitrogens is 2. The number of rotatable bonds is 24. The summed E-state index contributed by atoms with van der Waals surface area (Å²) < 4.78 is 2.84. The Balaban J connectivity index is -0.000000122. The first kappa shape index (κ1) is 50.5. The summed E-state index contributed by atoms with van der Waals surface area (Å²) in [6, 6.07) is 0. The van der Waals surface area contributed by atoms with E-state index in [4.69, 9.17) is 0 Å². The third kappa shape index (κ3) is 27.3. The number of hydrogen-bond donors (Lipinski definition) is 0. The largest absolute Gasteiger partial charge is 1.00 e. The van der Waals surface area contributed by atoms with Crippen molar-refractivity contribution < 1.29 is 29.3 Å². The molecule has 0 aliphatic rings. The molecular weight excluding hydrogens is 482 g/mol. The van der Waals surface area contributed by atoms with E-state index in [2.05, 4.69) is 55.4 Å². The van der Waals surface area contributed by atoms with Gasteiger partial charge in [0.05, 0.1) is 52.4 Å². The molecule has 4 N–H and O–H groups in total. The fourth-order valence-electron chi connectivity index (χ4n) is 5.29. The molecule has 0 aromatic rings. The fraction of sp³-hybridized carbons (Fsp3) is 1.00. The third-order valence-electron chi connectivity index (χ3n) is 7.89. The Kier molecular flexibility index (Phi) is 48.8. The van der Waals surface area contributed by atoms with Gasteiger partial charge in [-0.25, -0.2) is 0 Å². The van der Waals surface area contributed by atoms with Crippen molar-refractivity contribution in [3.63, 3.8) is 0 Å². The van der Waals surface area contributed by atoms with Crippen LogP contribution in [0.4, 0.5) is 0 Å². The second kappa shape index (κ2) is 36.7. The Morgan fingerprint density at radius 2 is 0.368 bits per heavy atom. The van der Waals surface area contributed by atoms with Crippen LogP contribution in [0.3, 0.4) is 0 Å². The van der Waals surface area contributed by atoms with Gasteiger partial charge in [0.15, 0.2) is 0 Å². The van der Waals surface area contributed by atoms with Gasteiger partial charge in [-0.2, -0.15) is 0 Å². The maximum atomic E-state index is 2.33. The highest BCUT2D eigenvalue weighted by Gasteiger charge is 2.25. The standard InChI is InChI=1S/2C16H36N.2FH.2H2O/c2*1-5-9-13-17(14-10-6-2,15-11-7-3)16-12-8-4;;;;/h2*5-16H2,1-4H3;2*1H;2*1H2/q2*+1;;;;/p-2. The zero-order valence-corrected chi connectivity index (χ0v) is 27.6. The summed E-state index contributed by atoms with van der Waals surface area (Å²) in [5, 5.41) is 0. The summed E-state index contributed by atoms with van der Waals surface area (Å²) in [6.07, 6.45) is 22.1. The van der Waals surface area contributed by atoms with Crippen LogP contribution in [0.25, 0.3) is 0 Å². The van der Waals surface area contributed by atoms with E-state index in [0.29, 0.717) is 0 Å². The summed E-state index contributed by atoms with van der Waals surface area (Å²) in [6.45, 7) is 30.0. The molecule has 0 amide bonds. The summed E-state index contributed by atoms with van der Waals surface area (Å²) in [7, 11) is 0. The minimum Gasteiger partial charge on any atom is -1.00 e. The second-order valence-corrected chi connectivity index (χ2v) is 11.3. The van der Waals surface area contributed by atoms with E-state index >= 15 is 0 Å². The summed E-state index contributed by atoms with van der Waals surface area (Å²) in [4.78, 5) is 0. The Morgan fingerprint density at radius 3 is 0.447 bits per heavy atom. The quantitative estimate of drug-likeness (QED) is 0.163. The molecule has 0 saturated heterocycles. The van der Waals surface area contributed by atoms with Crippen molar-refractivity contribution in [3.8, 4) is 0 Å². The van der Waals surface area contributed by atoms with Crippen LogP contribution in [-0.4, -0.2) is 72.3 Å². The number of hydrogen-bond acceptors (Lipinski definition) is 0. The second-order valence-electron chi connectivity index (χ2n) is 11.3. The summed E-state index contributed by atoms with van der Waals surface area (Å²) >= 11 is 0. The van der Waals surface area contributed by atoms with Gasteiger partial charge in [-0.05, 0) is 51.4 Å². The minimum absolute atomic E-state index is 0. The first-order valence-corrected chi connectivity index (χ1v) is 16.2. The molecule has 0 bridgehead atoms. The minimum atomic E-state index is 0. The molecule has 4 nitrogen and oxygen atoms in total. The van der Waals surface area contributed by atoms with E-state index in [-0.39, 0.29) is 20.4 Å². The molecule has 0 heterocycles. The first-order valence-electron chi connectivity index (χ1n) is 16.2. The number of halogens is 2. The van der Waals surface area contributed by atoms with Crippen molar-refractivity contribution in [2.45, 2.75) is 158 Å². The van der Waals surface area contributed by atoms with Gasteiger partial charge in [-0.3, -0.25) is 0 Å². The molecular formula is C32H76F2N2O2. The van der Waals surface area contributed by atoms with Crippen LogP contribution in [-0.2, 0) is 0 Å². The van der Waals surface area contributed by atoms with E-state index < -0.39 is 0 Å². The zero-order valence-electron chi connectivity index (χ0n) is 27.6. The van der Waals surface area contributed by atoms with Crippen molar-refractivity contribution >= 4 is 0 Å². The molecule has 0 aromatic heterocycles. The molecule has 0 aliphatic carbocycles. The lowest BCUT2D eigenvalue weighted by Gasteiger charge is -2.39. The molecule has 0 atom stereocenters. The highest BCUT2D eigenvalue weighted by atomic mass is 19.0. The van der Waals surface area contributed by atoms with Gasteiger partial charge in [-0.1, -0.05) is 107 Å². The van der Waals surface area contributed by atoms with Crippen LogP contribution in [0, 0.1) is 0 Å². The topological polar surface area (TPSA) is 63.0 Å². The lowest BCUT2D eigenvalue weighted by molar-refractivity contribution is -0.929. The molecule has 0 radical (unpaired) electrons. The average molecular weight is 559 g/mol. The van der Waals surface area contributed by atoms with Crippen LogP contribution in [0.1, 0.15) is 158 Å². The molecule has 0 fully saturated rings. The van der Waals surface area contributed by atoms with E-state index in [1.54, 1.807) is 0 Å². The molecule has 0 saturated carbocycles. The fourth-order valence-corrected chi connectivity index (χ4v) is 5.29. The first-order chi connectivity index (χ1) is 16.5. The third-order valence-corrected chi connectivity index (χ3v) is 7.89. The van der Waals surface area contributed by atoms with Gasteiger partial charge in [0.1, 0.15) is 0 Å². The maximum Gasteiger partial charge on any atom is 0.0786 e. The van der Waals surface area contributed by atoms with Crippen molar-refractivity contribution in [1.82, 2.24) is 0 Å². The zero-order chi connectivity index (χ0) is 26.0. The number of unbranched alkanes of at least 4 members (excludes halogenated alkanes) is 8. The van der Waals surface area contributed by atoms with E-state index in [1.807, 2.05) is 0 Å². The van der Waals surface area contributed by atoms with Crippen LogP contribution in [0.2, 0.25) is 0 Å². The van der Waals surface area contributed by atoms with Crippen molar-refractivity contribution in [2.75, 3.05) is 52.4 Å². The Labute approximate surface area is 239 Å². The van der Waals surface area contributed by atoms with Crippen molar-refractivity contribution in [2.24, 2.45) is 0 Å². The molecule has 0 aliphatic heterocycles. The van der Waals surface area contributed by atoms with Gasteiger partial charge < -0.3 is 29.3 Å². The normalized spacial score (nSPS) is 10.7. The highest BCUT2D eigenvalue weighted by Crippen LogP contribution is 2.17. The molecule has 0 rings (SSSR count). The smallest absolute Gasteiger partial charge is 0.0786 e. The van der Waals surface area contributed by atoms with Crippen LogP contribution in [0.15, 0.2) is 0 Å². The molecule has 0 spiro atoms. The summed E-state index contributed by atoms with van der Waals surface area (Å²) in [5.74, 6) is 0. The lowest BCUT2D eigenvalue weighted by atomic mass is 10.1. The average Bonchev–Trinajstić information content (AvgIpc) is 2.87. The Bertz CT molecular complexity index is 291. The van der Waals surface area contributed by atoms with Crippen LogP contribution >= 0.6 is 0 Å². The van der Waals surface area contributed by atoms with Gasteiger partial charge in [0.25, 0.3) is 0 Å². The van der Waals surface area contributed by atoms with Crippen LogP contribution in [0.5, 0.6) is 0 Å². The molecule has 38 heavy (non-hydrogen) atoms. The molecule has 0 aromatic carbocycles. The molecule has 0 unspecified atom stereocenters. The van der Waals surface area contributed by atoms with E-state index in [1.165, 1.54) is 164 Å². The maximum absolute atomic E-state index is 2.33. The summed E-state index contributed by atoms with van der Waals surface area (Å²) in [5.41, 5.74) is 0. The monoisotopic (exact) mass is 559 g/mol. The van der Waals surface area contributed by atoms with Gasteiger partial charge in [-0.15, -0.1) is 0 Å². The van der Waals surface area contributed by atoms with Gasteiger partial charge >= 0.3 is 0 Å². The van der Waals surface area contributed by atoms with Gasteiger partial charge in [0, 0.05) is 0 Å². The van der Waals surface area contributed by atoms with E-state index in [9.17, 15) is 0 Å². The van der Waals surface area contributed by atoms with Crippen LogP contribution < -0.4 is 9.41 Å². The number of nitrogens with zero attached hydrogens (tertiary/aromatic N) is 2. The Hall–Kier alpha value is -0.300. The molecule has 6 heteroatoms. The highest BCUT2D eigenvalue weighted by molar-refractivity contribution is 4.50. The predicted octanol–water partition coefficient (Wildman–Crippen LogP) is 2.37. The SMILES string of the molecule is CCCC[N+](CCCC)(CCCC)CCCC.CCCC[N+](CCCC)(CCCC)CCCC.O.O.[F-].[F-]. The van der Waals surface area contributed by atoms with Crippen molar-refractivity contribution in [3.05, 3.63) is 0 Å². The lowest BCUT2D eigenvalue weighted by Crippen LogP contribution is -3.00. The molecule has 240 valence electrons. The van der Waals surface area contributed by atoms with Crippen molar-refractivity contribution in [1.29, 1.82) is 0 Å². The van der Waals surface area contributed by atoms with Gasteiger partial charge in [0.2, 0.25) is 0 Å². The predicted molar refractivity (Wildman–Crippen MR) is 166 cm³/mol. The Morgan fingerprint density at radius 1 is 0.263 bits per heavy atom. The van der Waals surface area contributed by atoms with E-state index in [0.717, 1.165) is 0 Å².